The second-order valence-corrected chi connectivity index (χ2v) is 10.4. The summed E-state index contributed by atoms with van der Waals surface area (Å²) in [5.74, 6) is 1.06. The smallest absolute Gasteiger partial charge is 0.194 e. The number of aryl methyl sites for hydroxylation is 1. The van der Waals surface area contributed by atoms with E-state index in [4.69, 9.17) is 0 Å². The topological polar surface area (TPSA) is 0 Å². The molecule has 0 atom stereocenters. The minimum Gasteiger partial charge on any atom is -0.204 e. The van der Waals surface area contributed by atoms with Gasteiger partial charge in [-0.1, -0.05) is 51.4 Å². The van der Waals surface area contributed by atoms with Crippen molar-refractivity contribution in [2.24, 2.45) is 29.6 Å². The summed E-state index contributed by atoms with van der Waals surface area (Å²) in [7, 11) is 0. The van der Waals surface area contributed by atoms with Crippen LogP contribution in [0, 0.1) is 47.0 Å². The Labute approximate surface area is 174 Å². The van der Waals surface area contributed by atoms with Gasteiger partial charge in [0.1, 0.15) is 0 Å². The second-order valence-electron chi connectivity index (χ2n) is 10.4. The molecule has 3 fully saturated rings. The minimum absolute atomic E-state index is 0.587. The number of rotatable bonds is 6. The van der Waals surface area contributed by atoms with E-state index in [-0.39, 0.29) is 0 Å². The molecular formula is C26H37F3. The highest BCUT2D eigenvalue weighted by Gasteiger charge is 2.31. The molecule has 29 heavy (non-hydrogen) atoms. The van der Waals surface area contributed by atoms with Crippen LogP contribution in [0.2, 0.25) is 0 Å². The minimum atomic E-state index is -1.35. The molecular weight excluding hydrogens is 369 g/mol. The van der Waals surface area contributed by atoms with Gasteiger partial charge in [-0.25, -0.2) is 13.2 Å². The zero-order valence-electron chi connectivity index (χ0n) is 17.8. The van der Waals surface area contributed by atoms with Gasteiger partial charge < -0.3 is 0 Å². The Morgan fingerprint density at radius 1 is 0.621 bits per heavy atom. The SMILES string of the molecule is Fc1cc(CCC2CCC(C3CCC(CC4CCCC4)CC3)CC2)cc(F)c1F. The maximum Gasteiger partial charge on any atom is 0.194 e. The summed E-state index contributed by atoms with van der Waals surface area (Å²) in [5, 5.41) is 0. The molecule has 0 amide bonds. The molecule has 0 saturated heterocycles. The summed E-state index contributed by atoms with van der Waals surface area (Å²) >= 11 is 0. The fourth-order valence-corrected chi connectivity index (χ4v) is 6.68. The molecule has 162 valence electrons. The van der Waals surface area contributed by atoms with E-state index in [9.17, 15) is 13.2 Å². The van der Waals surface area contributed by atoms with Crippen LogP contribution in [0.3, 0.4) is 0 Å². The van der Waals surface area contributed by atoms with Crippen LogP contribution >= 0.6 is 0 Å². The van der Waals surface area contributed by atoms with Gasteiger partial charge in [0.05, 0.1) is 0 Å². The molecule has 0 bridgehead atoms. The van der Waals surface area contributed by atoms with E-state index in [0.717, 1.165) is 42.2 Å². The van der Waals surface area contributed by atoms with E-state index in [1.165, 1.54) is 83.5 Å². The Hall–Kier alpha value is -0.990. The molecule has 0 radical (unpaired) electrons. The maximum absolute atomic E-state index is 13.4. The number of halogens is 3. The molecule has 4 rings (SSSR count). The van der Waals surface area contributed by atoms with Gasteiger partial charge in [0.2, 0.25) is 0 Å². The molecule has 0 spiro atoms. The van der Waals surface area contributed by atoms with Crippen molar-refractivity contribution in [3.8, 4) is 0 Å². The highest BCUT2D eigenvalue weighted by atomic mass is 19.2. The van der Waals surface area contributed by atoms with Gasteiger partial charge in [0, 0.05) is 0 Å². The molecule has 0 aliphatic heterocycles. The van der Waals surface area contributed by atoms with E-state index >= 15 is 0 Å². The van der Waals surface area contributed by atoms with Crippen LogP contribution in [0.4, 0.5) is 13.2 Å². The lowest BCUT2D eigenvalue weighted by molar-refractivity contribution is 0.135. The zero-order chi connectivity index (χ0) is 20.2. The highest BCUT2D eigenvalue weighted by molar-refractivity contribution is 5.19. The van der Waals surface area contributed by atoms with Crippen molar-refractivity contribution in [2.45, 2.75) is 96.3 Å². The molecule has 0 heterocycles. The first-order chi connectivity index (χ1) is 14.1. The Balaban J connectivity index is 1.16. The van der Waals surface area contributed by atoms with E-state index in [0.29, 0.717) is 17.9 Å². The quantitative estimate of drug-likeness (QED) is 0.417. The molecule has 1 aromatic rings. The first-order valence-corrected chi connectivity index (χ1v) is 12.2. The lowest BCUT2D eigenvalue weighted by Gasteiger charge is -2.38. The van der Waals surface area contributed by atoms with Gasteiger partial charge in [-0.05, 0) is 92.2 Å². The van der Waals surface area contributed by atoms with Crippen molar-refractivity contribution in [2.75, 3.05) is 0 Å². The van der Waals surface area contributed by atoms with Crippen molar-refractivity contribution >= 4 is 0 Å². The Kier molecular flexibility index (Phi) is 7.24. The normalized spacial score (nSPS) is 31.3. The van der Waals surface area contributed by atoms with Crippen molar-refractivity contribution in [3.05, 3.63) is 35.1 Å². The van der Waals surface area contributed by atoms with Gasteiger partial charge in [0.15, 0.2) is 17.5 Å². The summed E-state index contributed by atoms with van der Waals surface area (Å²) < 4.78 is 39.9. The molecule has 3 saturated carbocycles. The zero-order valence-corrected chi connectivity index (χ0v) is 17.8. The fraction of sp³-hybridized carbons (Fsp3) is 0.769. The van der Waals surface area contributed by atoms with E-state index < -0.39 is 17.5 Å². The van der Waals surface area contributed by atoms with Crippen LogP contribution in [0.15, 0.2) is 12.1 Å². The summed E-state index contributed by atoms with van der Waals surface area (Å²) in [6.45, 7) is 0. The lowest BCUT2D eigenvalue weighted by Crippen LogP contribution is -2.26. The molecule has 3 heteroatoms. The van der Waals surface area contributed by atoms with Gasteiger partial charge in [-0.3, -0.25) is 0 Å². The monoisotopic (exact) mass is 406 g/mol. The summed E-state index contributed by atoms with van der Waals surface area (Å²) in [6, 6.07) is 2.32. The first kappa shape index (κ1) is 21.2. The molecule has 0 unspecified atom stereocenters. The molecule has 0 aromatic heterocycles. The van der Waals surface area contributed by atoms with Crippen molar-refractivity contribution in [3.63, 3.8) is 0 Å². The van der Waals surface area contributed by atoms with Crippen molar-refractivity contribution in [1.29, 1.82) is 0 Å². The third-order valence-electron chi connectivity index (χ3n) is 8.48. The molecule has 3 aliphatic rings. The van der Waals surface area contributed by atoms with Crippen LogP contribution in [-0.2, 0) is 6.42 Å². The molecule has 0 N–H and O–H groups in total. The predicted molar refractivity (Wildman–Crippen MR) is 112 cm³/mol. The summed E-state index contributed by atoms with van der Waals surface area (Å²) in [6.07, 6.45) is 20.0. The Morgan fingerprint density at radius 2 is 1.10 bits per heavy atom. The van der Waals surface area contributed by atoms with Crippen LogP contribution in [0.1, 0.15) is 95.5 Å². The molecule has 3 aliphatic carbocycles. The van der Waals surface area contributed by atoms with Crippen molar-refractivity contribution in [1.82, 2.24) is 0 Å². The maximum atomic E-state index is 13.4. The van der Waals surface area contributed by atoms with Gasteiger partial charge in [0.25, 0.3) is 0 Å². The van der Waals surface area contributed by atoms with Gasteiger partial charge >= 0.3 is 0 Å². The standard InChI is InChI=1S/C26H37F3/c27-24-16-21(17-25(28)26(24)29)6-5-18-7-11-22(12-8-18)23-13-9-20(10-14-23)15-19-3-1-2-4-19/h16-20,22-23H,1-15H2. The lowest BCUT2D eigenvalue weighted by atomic mass is 9.67. The Morgan fingerprint density at radius 3 is 1.66 bits per heavy atom. The molecule has 1 aromatic carbocycles. The highest BCUT2D eigenvalue weighted by Crippen LogP contribution is 2.44. The fourth-order valence-electron chi connectivity index (χ4n) is 6.68. The van der Waals surface area contributed by atoms with Crippen LogP contribution in [-0.4, -0.2) is 0 Å². The third kappa shape index (κ3) is 5.58. The van der Waals surface area contributed by atoms with Crippen LogP contribution in [0.25, 0.3) is 0 Å². The third-order valence-corrected chi connectivity index (χ3v) is 8.48. The second kappa shape index (κ2) is 9.88. The summed E-state index contributed by atoms with van der Waals surface area (Å²) in [5.41, 5.74) is 0.587. The van der Waals surface area contributed by atoms with Crippen molar-refractivity contribution < 1.29 is 13.2 Å². The average molecular weight is 407 g/mol. The number of hydrogen-bond acceptors (Lipinski definition) is 0. The van der Waals surface area contributed by atoms with E-state index in [2.05, 4.69) is 0 Å². The van der Waals surface area contributed by atoms with E-state index in [1.54, 1.807) is 0 Å². The van der Waals surface area contributed by atoms with Gasteiger partial charge in [-0.2, -0.15) is 0 Å². The predicted octanol–water partition coefficient (Wildman–Crippen LogP) is 8.23. The Bertz CT molecular complexity index is 625. The number of hydrogen-bond donors (Lipinski definition) is 0. The largest absolute Gasteiger partial charge is 0.204 e. The first-order valence-electron chi connectivity index (χ1n) is 12.2. The van der Waals surface area contributed by atoms with Crippen LogP contribution in [0.5, 0.6) is 0 Å². The van der Waals surface area contributed by atoms with E-state index in [1.807, 2.05) is 0 Å². The van der Waals surface area contributed by atoms with Crippen LogP contribution < -0.4 is 0 Å². The summed E-state index contributed by atoms with van der Waals surface area (Å²) in [4.78, 5) is 0. The molecule has 0 nitrogen and oxygen atoms in total. The number of benzene rings is 1. The average Bonchev–Trinajstić information content (AvgIpc) is 3.24. The van der Waals surface area contributed by atoms with Gasteiger partial charge in [-0.15, -0.1) is 0 Å².